The molecule has 0 bridgehead atoms. The number of hydrogen-bond acceptors (Lipinski definition) is 5. The van der Waals surface area contributed by atoms with Crippen LogP contribution in [-0.4, -0.2) is 40.1 Å². The van der Waals surface area contributed by atoms with Gasteiger partial charge in [-0.15, -0.1) is 11.3 Å². The van der Waals surface area contributed by atoms with Crippen molar-refractivity contribution in [2.75, 3.05) is 6.54 Å². The number of imide groups is 1. The summed E-state index contributed by atoms with van der Waals surface area (Å²) in [6.07, 6.45) is 0. The van der Waals surface area contributed by atoms with Gasteiger partial charge < -0.3 is 0 Å². The third kappa shape index (κ3) is 4.28. The minimum absolute atomic E-state index is 0.0511. The molecule has 3 amide bonds. The monoisotopic (exact) mass is 736 g/mol. The average molecular weight is 740 g/mol. The Balaban J connectivity index is 1.84. The molecule has 3 aromatic rings. The molecular weight excluding hydrogens is 731 g/mol. The highest BCUT2D eigenvalue weighted by Crippen LogP contribution is 2.45. The molecule has 0 fully saturated rings. The number of Topliss-reactive ketones (excluding diaryl/α,β-unsaturated/α-hetero) is 1. The van der Waals surface area contributed by atoms with Crippen LogP contribution in [0.25, 0.3) is 0 Å². The van der Waals surface area contributed by atoms with Gasteiger partial charge in [0.25, 0.3) is 17.7 Å². The van der Waals surface area contributed by atoms with Crippen molar-refractivity contribution in [2.24, 2.45) is 0 Å². The van der Waals surface area contributed by atoms with Gasteiger partial charge in [0, 0.05) is 17.9 Å². The summed E-state index contributed by atoms with van der Waals surface area (Å²) in [5, 5.41) is 3.38. The number of ketones is 1. The molecule has 0 radical (unpaired) electrons. The van der Waals surface area contributed by atoms with Crippen LogP contribution in [0.4, 0.5) is 0 Å². The lowest BCUT2D eigenvalue weighted by Gasteiger charge is -2.29. The number of hydrogen-bond donors (Lipinski definition) is 0. The fourth-order valence-electron chi connectivity index (χ4n) is 3.21. The van der Waals surface area contributed by atoms with Gasteiger partial charge in [-0.1, -0.05) is 29.8 Å². The fraction of sp³-hybridized carbons (Fsp3) is 0.0476. The SMILES string of the molecule is O=C(CN(C(=O)c1ccccc1Cl)N1C(=O)c2c(Br)c(Br)c(Br)c(Br)c2C1=O)c1cccs1. The van der Waals surface area contributed by atoms with Crippen LogP contribution in [0.3, 0.4) is 0 Å². The third-order valence-corrected chi connectivity index (χ3v) is 10.8. The van der Waals surface area contributed by atoms with Crippen molar-refractivity contribution >= 4 is 110 Å². The van der Waals surface area contributed by atoms with Crippen molar-refractivity contribution < 1.29 is 19.2 Å². The Hall–Kier alpha value is -1.37. The Kier molecular flexibility index (Phi) is 7.28. The van der Waals surface area contributed by atoms with Gasteiger partial charge in [0.15, 0.2) is 5.78 Å². The van der Waals surface area contributed by atoms with Gasteiger partial charge in [-0.2, -0.15) is 5.01 Å². The normalized spacial score (nSPS) is 12.8. The van der Waals surface area contributed by atoms with Gasteiger partial charge in [0.05, 0.1) is 26.6 Å². The van der Waals surface area contributed by atoms with Gasteiger partial charge in [0.2, 0.25) is 0 Å². The summed E-state index contributed by atoms with van der Waals surface area (Å²) >= 11 is 20.9. The van der Waals surface area contributed by atoms with E-state index in [0.29, 0.717) is 27.8 Å². The van der Waals surface area contributed by atoms with E-state index in [-0.39, 0.29) is 21.7 Å². The van der Waals surface area contributed by atoms with E-state index < -0.39 is 30.0 Å². The molecule has 168 valence electrons. The topological polar surface area (TPSA) is 74.8 Å². The number of fused-ring (bicyclic) bond motifs is 1. The molecule has 0 N–H and O–H groups in total. The van der Waals surface area contributed by atoms with Crippen LogP contribution in [0.5, 0.6) is 0 Å². The first-order chi connectivity index (χ1) is 15.6. The Morgan fingerprint density at radius 1 is 0.879 bits per heavy atom. The highest BCUT2D eigenvalue weighted by molar-refractivity contribution is 9.15. The van der Waals surface area contributed by atoms with Crippen LogP contribution in [0, 0.1) is 0 Å². The minimum Gasteiger partial charge on any atom is -0.291 e. The number of benzene rings is 2. The molecule has 6 nitrogen and oxygen atoms in total. The third-order valence-electron chi connectivity index (χ3n) is 4.75. The lowest BCUT2D eigenvalue weighted by molar-refractivity contribution is 0.00532. The lowest BCUT2D eigenvalue weighted by atomic mass is 10.1. The molecule has 0 atom stereocenters. The summed E-state index contributed by atoms with van der Waals surface area (Å²) in [5.74, 6) is -2.70. The predicted molar refractivity (Wildman–Crippen MR) is 139 cm³/mol. The van der Waals surface area contributed by atoms with E-state index in [9.17, 15) is 19.2 Å². The van der Waals surface area contributed by atoms with Gasteiger partial charge in [0.1, 0.15) is 6.54 Å². The summed E-state index contributed by atoms with van der Waals surface area (Å²) in [6.45, 7) is -0.534. The standard InChI is InChI=1S/C21H9Br4ClN2O4S/c22-15-13-14(16(23)18(25)17(15)24)21(32)28(20(13)31)27(8-11(29)12-6-3-7-33-12)19(30)9-4-1-2-5-10(9)26/h1-7H,8H2. The summed E-state index contributed by atoms with van der Waals surface area (Å²) in [6, 6.07) is 9.52. The van der Waals surface area contributed by atoms with Gasteiger partial charge in [-0.05, 0) is 87.3 Å². The number of carbonyl (C=O) groups is 4. The van der Waals surface area contributed by atoms with E-state index in [1.54, 1.807) is 29.6 Å². The summed E-state index contributed by atoms with van der Waals surface area (Å²) in [7, 11) is 0. The highest BCUT2D eigenvalue weighted by Gasteiger charge is 2.46. The molecule has 1 aliphatic heterocycles. The number of amides is 3. The van der Waals surface area contributed by atoms with Gasteiger partial charge in [-0.3, -0.25) is 19.2 Å². The molecule has 0 spiro atoms. The molecule has 0 unspecified atom stereocenters. The number of thiophene rings is 1. The molecule has 2 aromatic carbocycles. The summed E-state index contributed by atoms with van der Waals surface area (Å²) in [5.41, 5.74) is 0.167. The molecule has 1 aromatic heterocycles. The zero-order chi connectivity index (χ0) is 24.0. The van der Waals surface area contributed by atoms with Crippen molar-refractivity contribution in [3.05, 3.63) is 86.3 Å². The van der Waals surface area contributed by atoms with Crippen molar-refractivity contribution in [3.63, 3.8) is 0 Å². The summed E-state index contributed by atoms with van der Waals surface area (Å²) in [4.78, 5) is 53.7. The fourth-order valence-corrected chi connectivity index (χ4v) is 6.55. The van der Waals surface area contributed by atoms with Gasteiger partial charge >= 0.3 is 0 Å². The molecule has 4 rings (SSSR count). The first-order valence-electron chi connectivity index (χ1n) is 9.02. The predicted octanol–water partition coefficient (Wildman–Crippen LogP) is 6.99. The average Bonchev–Trinajstić information content (AvgIpc) is 3.41. The summed E-state index contributed by atoms with van der Waals surface area (Å²) < 4.78 is 1.69. The number of carbonyl (C=O) groups excluding carboxylic acids is 4. The molecule has 0 aliphatic carbocycles. The minimum atomic E-state index is -0.759. The van der Waals surface area contributed by atoms with Crippen LogP contribution < -0.4 is 0 Å². The Morgan fingerprint density at radius 3 is 1.97 bits per heavy atom. The number of rotatable bonds is 5. The van der Waals surface area contributed by atoms with Crippen molar-refractivity contribution in [1.29, 1.82) is 0 Å². The molecule has 0 saturated carbocycles. The van der Waals surface area contributed by atoms with Crippen molar-refractivity contribution in [1.82, 2.24) is 10.0 Å². The first kappa shape index (κ1) is 24.7. The van der Waals surface area contributed by atoms with E-state index in [1.165, 1.54) is 23.5 Å². The first-order valence-corrected chi connectivity index (χ1v) is 13.5. The Morgan fingerprint density at radius 2 is 1.45 bits per heavy atom. The van der Waals surface area contributed by atoms with Crippen LogP contribution in [0.1, 0.15) is 40.7 Å². The number of nitrogens with zero attached hydrogens (tertiary/aromatic N) is 2. The highest BCUT2D eigenvalue weighted by atomic mass is 79.9. The quantitative estimate of drug-likeness (QED) is 0.123. The van der Waals surface area contributed by atoms with E-state index in [1.807, 2.05) is 0 Å². The molecule has 12 heteroatoms. The molecule has 0 saturated heterocycles. The zero-order valence-electron chi connectivity index (χ0n) is 16.1. The van der Waals surface area contributed by atoms with Crippen LogP contribution >= 0.6 is 86.7 Å². The second-order valence-corrected chi connectivity index (χ2v) is 11.2. The smallest absolute Gasteiger partial charge is 0.282 e. The van der Waals surface area contributed by atoms with Crippen molar-refractivity contribution in [2.45, 2.75) is 0 Å². The van der Waals surface area contributed by atoms with E-state index in [0.717, 1.165) is 5.01 Å². The number of hydrazine groups is 1. The molecule has 1 aliphatic rings. The molecule has 2 heterocycles. The largest absolute Gasteiger partial charge is 0.291 e. The Labute approximate surface area is 230 Å². The maximum absolute atomic E-state index is 13.5. The number of halogens is 5. The van der Waals surface area contributed by atoms with E-state index in [4.69, 9.17) is 11.6 Å². The zero-order valence-corrected chi connectivity index (χ0v) is 24.0. The Bertz CT molecular complexity index is 1300. The van der Waals surface area contributed by atoms with Crippen LogP contribution in [0.2, 0.25) is 5.02 Å². The van der Waals surface area contributed by atoms with Crippen LogP contribution in [-0.2, 0) is 0 Å². The lowest BCUT2D eigenvalue weighted by Crippen LogP contribution is -2.51. The van der Waals surface area contributed by atoms with E-state index in [2.05, 4.69) is 63.7 Å². The molecular formula is C21H9Br4ClN2O4S. The maximum atomic E-state index is 13.5. The molecule has 33 heavy (non-hydrogen) atoms. The van der Waals surface area contributed by atoms with Gasteiger partial charge in [-0.25, -0.2) is 5.01 Å². The maximum Gasteiger partial charge on any atom is 0.282 e. The second-order valence-electron chi connectivity index (χ2n) is 6.67. The van der Waals surface area contributed by atoms with Crippen molar-refractivity contribution in [3.8, 4) is 0 Å². The van der Waals surface area contributed by atoms with E-state index >= 15 is 0 Å². The second kappa shape index (κ2) is 9.71. The van der Waals surface area contributed by atoms with Crippen LogP contribution in [0.15, 0.2) is 59.7 Å².